The molecule has 0 fully saturated rings. The van der Waals surface area contributed by atoms with Gasteiger partial charge in [0.2, 0.25) is 0 Å². The fourth-order valence-electron chi connectivity index (χ4n) is 1.32. The second kappa shape index (κ2) is 5.64. The normalized spacial score (nSPS) is 12.0. The quantitative estimate of drug-likeness (QED) is 0.732. The molecular formula is C12H22N2S. The highest BCUT2D eigenvalue weighted by molar-refractivity contribution is 7.10. The largest absolute Gasteiger partial charge is 0.330 e. The lowest BCUT2D eigenvalue weighted by atomic mass is 9.90. The third kappa shape index (κ3) is 4.33. The van der Waals surface area contributed by atoms with Gasteiger partial charge >= 0.3 is 0 Å². The summed E-state index contributed by atoms with van der Waals surface area (Å²) >= 11 is 1.83. The van der Waals surface area contributed by atoms with Crippen LogP contribution in [0.25, 0.3) is 0 Å². The molecule has 0 aliphatic carbocycles. The Hall–Kier alpha value is -0.380. The molecule has 0 spiro atoms. The zero-order valence-electron chi connectivity index (χ0n) is 9.97. The molecule has 0 aromatic carbocycles. The van der Waals surface area contributed by atoms with Gasteiger partial charge in [-0.05, 0) is 48.9 Å². The molecule has 0 bridgehead atoms. The zero-order valence-corrected chi connectivity index (χ0v) is 10.8. The summed E-state index contributed by atoms with van der Waals surface area (Å²) in [5.74, 6) is 0. The smallest absolute Gasteiger partial charge is 0.0302 e. The van der Waals surface area contributed by atoms with E-state index in [-0.39, 0.29) is 5.41 Å². The van der Waals surface area contributed by atoms with Crippen LogP contribution in [0.5, 0.6) is 0 Å². The van der Waals surface area contributed by atoms with Gasteiger partial charge in [-0.15, -0.1) is 11.3 Å². The van der Waals surface area contributed by atoms with Crippen LogP contribution in [-0.2, 0) is 6.54 Å². The molecule has 1 aromatic heterocycles. The van der Waals surface area contributed by atoms with E-state index in [2.05, 4.69) is 37.5 Å². The highest BCUT2D eigenvalue weighted by Crippen LogP contribution is 2.18. The van der Waals surface area contributed by atoms with Crippen molar-refractivity contribution in [2.45, 2.75) is 33.7 Å². The molecule has 86 valence electrons. The van der Waals surface area contributed by atoms with Crippen LogP contribution in [0.2, 0.25) is 0 Å². The van der Waals surface area contributed by atoms with Crippen LogP contribution in [0.3, 0.4) is 0 Å². The lowest BCUT2D eigenvalue weighted by molar-refractivity contribution is 0.339. The molecule has 0 aliphatic rings. The van der Waals surface area contributed by atoms with Gasteiger partial charge in [0.25, 0.3) is 0 Å². The van der Waals surface area contributed by atoms with Crippen molar-refractivity contribution < 1.29 is 0 Å². The lowest BCUT2D eigenvalue weighted by Crippen LogP contribution is -2.28. The van der Waals surface area contributed by atoms with E-state index in [4.69, 9.17) is 5.73 Å². The van der Waals surface area contributed by atoms with E-state index in [0.717, 1.165) is 26.1 Å². The van der Waals surface area contributed by atoms with Crippen LogP contribution in [0, 0.1) is 12.3 Å². The van der Waals surface area contributed by atoms with Gasteiger partial charge in [0, 0.05) is 11.4 Å². The summed E-state index contributed by atoms with van der Waals surface area (Å²) in [6.45, 7) is 9.38. The van der Waals surface area contributed by atoms with E-state index in [1.165, 1.54) is 10.4 Å². The molecule has 0 unspecified atom stereocenters. The van der Waals surface area contributed by atoms with Crippen LogP contribution in [0.4, 0.5) is 0 Å². The number of thiophene rings is 1. The van der Waals surface area contributed by atoms with Crippen molar-refractivity contribution in [3.05, 3.63) is 21.9 Å². The second-order valence-corrected chi connectivity index (χ2v) is 5.82. The molecule has 0 amide bonds. The molecule has 0 saturated heterocycles. The first kappa shape index (κ1) is 12.7. The van der Waals surface area contributed by atoms with Crippen molar-refractivity contribution in [3.63, 3.8) is 0 Å². The molecule has 1 rings (SSSR count). The second-order valence-electron chi connectivity index (χ2n) is 4.82. The Morgan fingerprint density at radius 1 is 1.47 bits per heavy atom. The van der Waals surface area contributed by atoms with Gasteiger partial charge in [0.15, 0.2) is 0 Å². The van der Waals surface area contributed by atoms with Crippen molar-refractivity contribution in [3.8, 4) is 0 Å². The summed E-state index contributed by atoms with van der Waals surface area (Å²) in [5.41, 5.74) is 7.34. The average molecular weight is 226 g/mol. The van der Waals surface area contributed by atoms with Gasteiger partial charge in [-0.1, -0.05) is 13.8 Å². The summed E-state index contributed by atoms with van der Waals surface area (Å²) in [7, 11) is 0. The molecule has 3 N–H and O–H groups in total. The van der Waals surface area contributed by atoms with E-state index in [0.29, 0.717) is 0 Å². The maximum atomic E-state index is 5.68. The third-order valence-corrected chi connectivity index (χ3v) is 3.81. The number of hydrogen-bond acceptors (Lipinski definition) is 3. The SMILES string of the molecule is Cc1ccsc1CNCCC(C)(C)CN. The van der Waals surface area contributed by atoms with Crippen LogP contribution < -0.4 is 11.1 Å². The Labute approximate surface area is 96.9 Å². The number of rotatable bonds is 6. The zero-order chi connectivity index (χ0) is 11.3. The number of hydrogen-bond donors (Lipinski definition) is 2. The van der Waals surface area contributed by atoms with E-state index in [1.54, 1.807) is 0 Å². The maximum Gasteiger partial charge on any atom is 0.0302 e. The highest BCUT2D eigenvalue weighted by Gasteiger charge is 2.14. The Kier molecular flexibility index (Phi) is 4.77. The Morgan fingerprint density at radius 2 is 2.20 bits per heavy atom. The molecule has 0 radical (unpaired) electrons. The van der Waals surface area contributed by atoms with Crippen molar-refractivity contribution in [1.29, 1.82) is 0 Å². The average Bonchev–Trinajstić information content (AvgIpc) is 2.59. The predicted octanol–water partition coefficient (Wildman–Crippen LogP) is 2.52. The van der Waals surface area contributed by atoms with Crippen LogP contribution in [0.1, 0.15) is 30.7 Å². The summed E-state index contributed by atoms with van der Waals surface area (Å²) in [6, 6.07) is 2.17. The maximum absolute atomic E-state index is 5.68. The monoisotopic (exact) mass is 226 g/mol. The summed E-state index contributed by atoms with van der Waals surface area (Å²) in [4.78, 5) is 1.44. The first-order valence-corrected chi connectivity index (χ1v) is 6.37. The third-order valence-electron chi connectivity index (χ3n) is 2.78. The predicted molar refractivity (Wildman–Crippen MR) is 68.2 cm³/mol. The van der Waals surface area contributed by atoms with Gasteiger partial charge in [-0.25, -0.2) is 0 Å². The summed E-state index contributed by atoms with van der Waals surface area (Å²) < 4.78 is 0. The minimum Gasteiger partial charge on any atom is -0.330 e. The van der Waals surface area contributed by atoms with Gasteiger partial charge in [-0.3, -0.25) is 0 Å². The molecule has 0 saturated carbocycles. The Bertz CT molecular complexity index is 292. The number of nitrogens with one attached hydrogen (secondary N) is 1. The van der Waals surface area contributed by atoms with Gasteiger partial charge in [0.05, 0.1) is 0 Å². The topological polar surface area (TPSA) is 38.0 Å². The molecule has 15 heavy (non-hydrogen) atoms. The highest BCUT2D eigenvalue weighted by atomic mass is 32.1. The van der Waals surface area contributed by atoms with E-state index in [1.807, 2.05) is 11.3 Å². The van der Waals surface area contributed by atoms with Gasteiger partial charge in [-0.2, -0.15) is 0 Å². The van der Waals surface area contributed by atoms with Crippen molar-refractivity contribution in [2.24, 2.45) is 11.1 Å². The summed E-state index contributed by atoms with van der Waals surface area (Å²) in [6.07, 6.45) is 1.13. The van der Waals surface area contributed by atoms with E-state index >= 15 is 0 Å². The first-order chi connectivity index (χ1) is 7.05. The lowest BCUT2D eigenvalue weighted by Gasteiger charge is -2.22. The molecular weight excluding hydrogens is 204 g/mol. The van der Waals surface area contributed by atoms with Gasteiger partial charge in [0.1, 0.15) is 0 Å². The van der Waals surface area contributed by atoms with Crippen LogP contribution in [-0.4, -0.2) is 13.1 Å². The van der Waals surface area contributed by atoms with Crippen molar-refractivity contribution in [2.75, 3.05) is 13.1 Å². The number of nitrogens with two attached hydrogens (primary N) is 1. The van der Waals surface area contributed by atoms with Crippen LogP contribution >= 0.6 is 11.3 Å². The molecule has 2 nitrogen and oxygen atoms in total. The van der Waals surface area contributed by atoms with E-state index < -0.39 is 0 Å². The Balaban J connectivity index is 2.20. The number of aryl methyl sites for hydroxylation is 1. The minimum absolute atomic E-state index is 0.261. The molecule has 1 heterocycles. The van der Waals surface area contributed by atoms with E-state index in [9.17, 15) is 0 Å². The van der Waals surface area contributed by atoms with Crippen LogP contribution in [0.15, 0.2) is 11.4 Å². The standard InChI is InChI=1S/C12H22N2S/c1-10-4-7-15-11(10)8-14-6-5-12(2,3)9-13/h4,7,14H,5-6,8-9,13H2,1-3H3. The minimum atomic E-state index is 0.261. The fraction of sp³-hybridized carbons (Fsp3) is 0.667. The molecule has 0 atom stereocenters. The molecule has 1 aromatic rings. The Morgan fingerprint density at radius 3 is 2.73 bits per heavy atom. The molecule has 0 aliphatic heterocycles. The van der Waals surface area contributed by atoms with Crippen molar-refractivity contribution in [1.82, 2.24) is 5.32 Å². The van der Waals surface area contributed by atoms with Crippen molar-refractivity contribution >= 4 is 11.3 Å². The fourth-order valence-corrected chi connectivity index (χ4v) is 2.19. The summed E-state index contributed by atoms with van der Waals surface area (Å²) in [5, 5.41) is 5.62. The first-order valence-electron chi connectivity index (χ1n) is 5.49. The molecule has 3 heteroatoms. The van der Waals surface area contributed by atoms with Gasteiger partial charge < -0.3 is 11.1 Å².